The van der Waals surface area contributed by atoms with Crippen molar-refractivity contribution in [1.82, 2.24) is 9.80 Å². The number of unbranched alkanes of at least 4 members (excludes halogenated alkanes) is 1. The van der Waals surface area contributed by atoms with Gasteiger partial charge in [0.1, 0.15) is 23.7 Å². The minimum absolute atomic E-state index is 0.0603. The van der Waals surface area contributed by atoms with Crippen LogP contribution in [0.2, 0.25) is 5.02 Å². The number of hydrogen-bond acceptors (Lipinski definition) is 7. The lowest BCUT2D eigenvalue weighted by Crippen LogP contribution is -2.56. The van der Waals surface area contributed by atoms with Gasteiger partial charge in [-0.2, -0.15) is 0 Å². The molecule has 1 N–H and O–H groups in total. The van der Waals surface area contributed by atoms with Gasteiger partial charge in [0.2, 0.25) is 11.8 Å². The zero-order chi connectivity index (χ0) is 33.3. The highest BCUT2D eigenvalue weighted by atomic mass is 35.5. The molecule has 10 nitrogen and oxygen atoms in total. The van der Waals surface area contributed by atoms with E-state index in [1.54, 1.807) is 48.4 Å². The highest BCUT2D eigenvalue weighted by molar-refractivity contribution is 6.34. The number of para-hydroxylation sites is 1. The van der Waals surface area contributed by atoms with E-state index in [4.69, 9.17) is 21.1 Å². The number of fused-ring (bicyclic) bond motifs is 2. The van der Waals surface area contributed by atoms with E-state index < -0.39 is 53.6 Å². The summed E-state index contributed by atoms with van der Waals surface area (Å²) in [4.78, 5) is 61.4. The maximum atomic E-state index is 14.8. The van der Waals surface area contributed by atoms with Gasteiger partial charge in [-0.15, -0.1) is 0 Å². The van der Waals surface area contributed by atoms with Crippen molar-refractivity contribution in [1.29, 1.82) is 0 Å². The lowest BCUT2D eigenvalue weighted by Gasteiger charge is -2.36. The van der Waals surface area contributed by atoms with Crippen LogP contribution in [0.25, 0.3) is 0 Å². The van der Waals surface area contributed by atoms with Crippen LogP contribution in [0.4, 0.5) is 5.69 Å². The Kier molecular flexibility index (Phi) is 9.55. The number of benzene rings is 2. The van der Waals surface area contributed by atoms with E-state index in [9.17, 15) is 24.3 Å². The first kappa shape index (κ1) is 32.9. The van der Waals surface area contributed by atoms with Crippen LogP contribution in [-0.4, -0.2) is 89.1 Å². The third-order valence-corrected chi connectivity index (χ3v) is 10.2. The Labute approximate surface area is 279 Å². The number of nitrogens with zero attached hydrogens (tertiary/aromatic N) is 3. The van der Waals surface area contributed by atoms with Gasteiger partial charge in [0, 0.05) is 33.2 Å². The number of likely N-dealkylation sites (tertiary alicyclic amines) is 1. The van der Waals surface area contributed by atoms with E-state index in [1.165, 1.54) is 9.80 Å². The number of anilines is 1. The van der Waals surface area contributed by atoms with Crippen LogP contribution in [0, 0.1) is 11.8 Å². The van der Waals surface area contributed by atoms with Gasteiger partial charge in [-0.1, -0.05) is 78.4 Å². The molecule has 47 heavy (non-hydrogen) atoms. The maximum absolute atomic E-state index is 14.8. The number of aliphatic hydroxyl groups excluding tert-OH is 1. The summed E-state index contributed by atoms with van der Waals surface area (Å²) in [6.45, 7) is 2.11. The fourth-order valence-electron chi connectivity index (χ4n) is 7.38. The first-order chi connectivity index (χ1) is 22.7. The fraction of sp³-hybridized carbons (Fsp3) is 0.444. The van der Waals surface area contributed by atoms with E-state index in [-0.39, 0.29) is 37.9 Å². The van der Waals surface area contributed by atoms with Crippen LogP contribution < -0.4 is 4.90 Å². The molecule has 0 aliphatic carbocycles. The van der Waals surface area contributed by atoms with Gasteiger partial charge in [0.15, 0.2) is 0 Å². The topological polar surface area (TPSA) is 117 Å². The van der Waals surface area contributed by atoms with Crippen LogP contribution in [0.1, 0.15) is 44.3 Å². The lowest BCUT2D eigenvalue weighted by molar-refractivity contribution is -0.164. The molecular weight excluding hydrogens is 622 g/mol. The van der Waals surface area contributed by atoms with Gasteiger partial charge in [-0.25, -0.2) is 0 Å². The molecule has 2 fully saturated rings. The quantitative estimate of drug-likeness (QED) is 0.282. The van der Waals surface area contributed by atoms with Crippen LogP contribution in [-0.2, 0) is 28.7 Å². The third-order valence-electron chi connectivity index (χ3n) is 9.89. The summed E-state index contributed by atoms with van der Waals surface area (Å²) in [5.74, 6) is -3.54. The molecule has 0 aromatic heterocycles. The van der Waals surface area contributed by atoms with Crippen LogP contribution in [0.15, 0.2) is 78.9 Å². The summed E-state index contributed by atoms with van der Waals surface area (Å²) in [6.07, 6.45) is 7.14. The molecule has 3 amide bonds. The number of carbonyl (C=O) groups excluding carboxylic acids is 4. The smallest absolute Gasteiger partial charge is 0.313 e. The summed E-state index contributed by atoms with van der Waals surface area (Å²) in [6, 6.07) is 14.6. The SMILES string of the molecule is C[C@H]1[C@H](c2ccccc2)OC(=O)[C@@H]2[C@H]3C(=O)N(CCCCO)[C@H](C(=O)N(c4ccccc4Cl)C/C=C\CCC(=O)N1C)[C@]31C=C[C@H]2O1. The van der Waals surface area contributed by atoms with Gasteiger partial charge in [0.25, 0.3) is 5.91 Å². The standard InChI is InChI=1S/C36H40ClN3O7/c1-23-31(24-13-5-3-6-14-24)46-35(45)29-27-18-19-36(47-27)30(29)33(43)40(21-11-12-22-41)32(36)34(44)39(26-16-9-8-15-25(26)37)20-10-4-7-17-28(42)38(23)2/h3-6,8-10,13-16,18-19,23,27,29-32,41H,7,11-12,17,20-22H2,1-2H3/b10-4-/t23-,27+,29-,30-,31+,32+,36-/m0/s1. The van der Waals surface area contributed by atoms with Crippen molar-refractivity contribution in [2.45, 2.75) is 62.5 Å². The molecule has 0 radical (unpaired) electrons. The average Bonchev–Trinajstić information content (AvgIpc) is 3.72. The molecule has 0 unspecified atom stereocenters. The van der Waals surface area contributed by atoms with Crippen LogP contribution in [0.3, 0.4) is 0 Å². The third kappa shape index (κ3) is 5.87. The van der Waals surface area contributed by atoms with Gasteiger partial charge >= 0.3 is 5.97 Å². The normalized spacial score (nSPS) is 31.8. The van der Waals surface area contributed by atoms with Gasteiger partial charge < -0.3 is 29.3 Å². The number of likely N-dealkylation sites (N-methyl/N-ethyl adjacent to an activating group) is 1. The Bertz CT molecular complexity index is 1580. The van der Waals surface area contributed by atoms with Crippen molar-refractivity contribution in [3.05, 3.63) is 89.5 Å². The number of cyclic esters (lactones) is 1. The number of esters is 1. The minimum atomic E-state index is -1.40. The van der Waals surface area contributed by atoms with Crippen LogP contribution >= 0.6 is 11.6 Å². The highest BCUT2D eigenvalue weighted by Crippen LogP contribution is 2.56. The number of amides is 3. The molecule has 5 bridgehead atoms. The fourth-order valence-corrected chi connectivity index (χ4v) is 7.62. The first-order valence-corrected chi connectivity index (χ1v) is 16.6. The number of halogens is 1. The molecule has 2 aromatic rings. The van der Waals surface area contributed by atoms with E-state index in [0.29, 0.717) is 35.5 Å². The Hall–Kier alpha value is -3.99. The molecule has 6 rings (SSSR count). The first-order valence-electron chi connectivity index (χ1n) is 16.2. The molecule has 11 heteroatoms. The predicted molar refractivity (Wildman–Crippen MR) is 175 cm³/mol. The van der Waals surface area contributed by atoms with E-state index in [0.717, 1.165) is 0 Å². The average molecular weight is 662 g/mol. The Morgan fingerprint density at radius 3 is 2.47 bits per heavy atom. The molecule has 4 aliphatic heterocycles. The highest BCUT2D eigenvalue weighted by Gasteiger charge is 2.73. The second-order valence-electron chi connectivity index (χ2n) is 12.6. The van der Waals surface area contributed by atoms with E-state index >= 15 is 0 Å². The van der Waals surface area contributed by atoms with Crippen molar-refractivity contribution in [3.8, 4) is 0 Å². The predicted octanol–water partition coefficient (Wildman–Crippen LogP) is 4.08. The Balaban J connectivity index is 1.46. The molecular formula is C36H40ClN3O7. The zero-order valence-corrected chi connectivity index (χ0v) is 27.3. The number of carbonyl (C=O) groups is 4. The zero-order valence-electron chi connectivity index (χ0n) is 26.5. The van der Waals surface area contributed by atoms with Crippen molar-refractivity contribution in [2.75, 3.05) is 31.6 Å². The molecule has 0 saturated carbocycles. The molecule has 1 spiro atoms. The van der Waals surface area contributed by atoms with Crippen molar-refractivity contribution in [2.24, 2.45) is 11.8 Å². The maximum Gasteiger partial charge on any atom is 0.313 e. The molecule has 4 heterocycles. The number of ether oxygens (including phenoxy) is 2. The van der Waals surface area contributed by atoms with E-state index in [1.807, 2.05) is 49.4 Å². The number of allylic oxidation sites excluding steroid dienone is 1. The second-order valence-corrected chi connectivity index (χ2v) is 13.0. The lowest BCUT2D eigenvalue weighted by atomic mass is 9.74. The molecule has 7 atom stereocenters. The Morgan fingerprint density at radius 2 is 1.72 bits per heavy atom. The summed E-state index contributed by atoms with van der Waals surface area (Å²) in [7, 11) is 1.69. The molecule has 4 aliphatic rings. The molecule has 2 aromatic carbocycles. The summed E-state index contributed by atoms with van der Waals surface area (Å²) in [5, 5.41) is 9.87. The summed E-state index contributed by atoms with van der Waals surface area (Å²) in [5.41, 5.74) is -0.224. The van der Waals surface area contributed by atoms with Gasteiger partial charge in [-0.3, -0.25) is 19.2 Å². The Morgan fingerprint density at radius 1 is 0.979 bits per heavy atom. The van der Waals surface area contributed by atoms with Gasteiger partial charge in [0.05, 0.1) is 28.8 Å². The monoisotopic (exact) mass is 661 g/mol. The van der Waals surface area contributed by atoms with E-state index in [2.05, 4.69) is 0 Å². The minimum Gasteiger partial charge on any atom is -0.455 e. The number of rotatable bonds is 6. The summed E-state index contributed by atoms with van der Waals surface area (Å²) >= 11 is 6.63. The number of aliphatic hydroxyl groups is 1. The molecule has 248 valence electrons. The molecule has 2 saturated heterocycles. The number of hydrogen-bond donors (Lipinski definition) is 1. The second kappa shape index (κ2) is 13.6. The van der Waals surface area contributed by atoms with Gasteiger partial charge in [-0.05, 0) is 43.9 Å². The van der Waals surface area contributed by atoms with Crippen molar-refractivity contribution >= 4 is 41.0 Å². The largest absolute Gasteiger partial charge is 0.455 e. The van der Waals surface area contributed by atoms with Crippen molar-refractivity contribution < 1.29 is 33.8 Å². The van der Waals surface area contributed by atoms with Crippen molar-refractivity contribution in [3.63, 3.8) is 0 Å². The summed E-state index contributed by atoms with van der Waals surface area (Å²) < 4.78 is 12.8. The van der Waals surface area contributed by atoms with Crippen LogP contribution in [0.5, 0.6) is 0 Å².